The molecule has 0 amide bonds. The Morgan fingerprint density at radius 1 is 1.08 bits per heavy atom. The molecule has 0 fully saturated rings. The summed E-state index contributed by atoms with van der Waals surface area (Å²) in [4.78, 5) is 0. The first kappa shape index (κ1) is 16.2. The Hall–Kier alpha value is -3.25. The molecule has 1 N–H and O–H groups in total. The Bertz CT molecular complexity index is 1080. The van der Waals surface area contributed by atoms with Crippen molar-refractivity contribution in [1.29, 1.82) is 0 Å². The van der Waals surface area contributed by atoms with Gasteiger partial charge in [-0.3, -0.25) is 5.43 Å². The van der Waals surface area contributed by atoms with E-state index in [9.17, 15) is 0 Å². The second-order valence-electron chi connectivity index (χ2n) is 5.69. The van der Waals surface area contributed by atoms with Gasteiger partial charge >= 0.3 is 0 Å². The zero-order valence-electron chi connectivity index (χ0n) is 14.0. The van der Waals surface area contributed by atoms with Crippen molar-refractivity contribution in [2.24, 2.45) is 5.10 Å². The SMILES string of the molecule is Cc1nn(-c2ccccc2)c(Cl)c1/C=N/Nc1nncc2ccccc12. The topological polar surface area (TPSA) is 68.0 Å². The van der Waals surface area contributed by atoms with Gasteiger partial charge in [0.1, 0.15) is 5.15 Å². The van der Waals surface area contributed by atoms with Gasteiger partial charge in [0.2, 0.25) is 0 Å². The number of nitrogens with zero attached hydrogens (tertiary/aromatic N) is 5. The minimum Gasteiger partial charge on any atom is -0.259 e. The number of rotatable bonds is 4. The van der Waals surface area contributed by atoms with Crippen molar-refractivity contribution >= 4 is 34.4 Å². The highest BCUT2D eigenvalue weighted by Crippen LogP contribution is 2.22. The van der Waals surface area contributed by atoms with Crippen molar-refractivity contribution in [3.63, 3.8) is 0 Å². The lowest BCUT2D eigenvalue weighted by Gasteiger charge is -2.03. The lowest BCUT2D eigenvalue weighted by Crippen LogP contribution is -1.97. The molecule has 2 aromatic carbocycles. The maximum Gasteiger partial charge on any atom is 0.176 e. The summed E-state index contributed by atoms with van der Waals surface area (Å²) in [6.07, 6.45) is 3.36. The number of fused-ring (bicyclic) bond motifs is 1. The molecule has 0 saturated carbocycles. The second kappa shape index (κ2) is 6.93. The lowest BCUT2D eigenvalue weighted by atomic mass is 10.2. The van der Waals surface area contributed by atoms with Gasteiger partial charge in [0.25, 0.3) is 0 Å². The van der Waals surface area contributed by atoms with Crippen molar-refractivity contribution in [2.45, 2.75) is 6.92 Å². The minimum absolute atomic E-state index is 0.503. The number of aryl methyl sites for hydroxylation is 1. The van der Waals surface area contributed by atoms with E-state index >= 15 is 0 Å². The van der Waals surface area contributed by atoms with Crippen LogP contribution in [-0.4, -0.2) is 26.2 Å². The highest BCUT2D eigenvalue weighted by Gasteiger charge is 2.13. The third-order valence-corrected chi connectivity index (χ3v) is 4.35. The van der Waals surface area contributed by atoms with E-state index in [4.69, 9.17) is 11.6 Å². The first-order chi connectivity index (χ1) is 12.7. The van der Waals surface area contributed by atoms with Crippen molar-refractivity contribution in [2.75, 3.05) is 5.43 Å². The first-order valence-electron chi connectivity index (χ1n) is 8.04. The predicted octanol–water partition coefficient (Wildman–Crippen LogP) is 4.22. The van der Waals surface area contributed by atoms with Crippen LogP contribution in [0, 0.1) is 6.92 Å². The molecule has 0 atom stereocenters. The van der Waals surface area contributed by atoms with Crippen molar-refractivity contribution in [3.05, 3.63) is 77.2 Å². The van der Waals surface area contributed by atoms with Gasteiger partial charge in [-0.2, -0.15) is 15.3 Å². The van der Waals surface area contributed by atoms with E-state index in [0.29, 0.717) is 11.0 Å². The number of para-hydroxylation sites is 1. The van der Waals surface area contributed by atoms with Gasteiger partial charge in [-0.1, -0.05) is 54.1 Å². The van der Waals surface area contributed by atoms with Crippen LogP contribution >= 0.6 is 11.6 Å². The Kier molecular flexibility index (Phi) is 4.33. The lowest BCUT2D eigenvalue weighted by molar-refractivity contribution is 0.863. The Labute approximate surface area is 155 Å². The summed E-state index contributed by atoms with van der Waals surface area (Å²) < 4.78 is 1.69. The number of hydrogen-bond acceptors (Lipinski definition) is 5. The van der Waals surface area contributed by atoms with Crippen molar-refractivity contribution in [3.8, 4) is 5.69 Å². The van der Waals surface area contributed by atoms with Gasteiger partial charge in [0.05, 0.1) is 29.4 Å². The van der Waals surface area contributed by atoms with Gasteiger partial charge in [-0.05, 0) is 19.1 Å². The smallest absolute Gasteiger partial charge is 0.176 e. The predicted molar refractivity (Wildman–Crippen MR) is 104 cm³/mol. The average molecular weight is 363 g/mol. The number of anilines is 1. The Morgan fingerprint density at radius 3 is 2.69 bits per heavy atom. The maximum atomic E-state index is 6.49. The summed E-state index contributed by atoms with van der Waals surface area (Å²) in [6.45, 7) is 1.89. The van der Waals surface area contributed by atoms with Gasteiger partial charge in [-0.15, -0.1) is 5.10 Å². The van der Waals surface area contributed by atoms with Crippen LogP contribution in [-0.2, 0) is 0 Å². The molecule has 0 aliphatic rings. The van der Waals surface area contributed by atoms with E-state index < -0.39 is 0 Å². The molecule has 7 heteroatoms. The fraction of sp³-hybridized carbons (Fsp3) is 0.0526. The first-order valence-corrected chi connectivity index (χ1v) is 8.42. The van der Waals surface area contributed by atoms with Crippen LogP contribution in [0.15, 0.2) is 65.9 Å². The molecule has 0 spiro atoms. The number of hydrogen-bond donors (Lipinski definition) is 1. The second-order valence-corrected chi connectivity index (χ2v) is 6.05. The Morgan fingerprint density at radius 2 is 1.85 bits per heavy atom. The zero-order valence-corrected chi connectivity index (χ0v) is 14.7. The zero-order chi connectivity index (χ0) is 17.9. The van der Waals surface area contributed by atoms with Crippen LogP contribution < -0.4 is 5.43 Å². The van der Waals surface area contributed by atoms with E-state index in [-0.39, 0.29) is 0 Å². The van der Waals surface area contributed by atoms with E-state index in [0.717, 1.165) is 27.7 Å². The third-order valence-electron chi connectivity index (χ3n) is 3.98. The summed E-state index contributed by atoms with van der Waals surface area (Å²) in [5, 5.41) is 19.3. The monoisotopic (exact) mass is 362 g/mol. The van der Waals surface area contributed by atoms with E-state index in [1.54, 1.807) is 17.1 Å². The fourth-order valence-electron chi connectivity index (χ4n) is 2.67. The Balaban J connectivity index is 1.62. The highest BCUT2D eigenvalue weighted by atomic mass is 35.5. The number of nitrogens with one attached hydrogen (secondary N) is 1. The fourth-order valence-corrected chi connectivity index (χ4v) is 2.99. The molecule has 0 bridgehead atoms. The number of benzene rings is 2. The maximum absolute atomic E-state index is 6.49. The molecule has 0 unspecified atom stereocenters. The largest absolute Gasteiger partial charge is 0.259 e. The molecular formula is C19H15ClN6. The molecule has 4 rings (SSSR count). The summed E-state index contributed by atoms with van der Waals surface area (Å²) in [5.74, 6) is 0.587. The quantitative estimate of drug-likeness (QED) is 0.436. The molecule has 0 radical (unpaired) electrons. The molecule has 0 saturated heterocycles. The number of hydrazone groups is 1. The van der Waals surface area contributed by atoms with Crippen LogP contribution in [0.25, 0.3) is 16.5 Å². The molecule has 6 nitrogen and oxygen atoms in total. The van der Waals surface area contributed by atoms with Gasteiger partial charge in [0, 0.05) is 10.8 Å². The summed E-state index contributed by atoms with van der Waals surface area (Å²) in [5.41, 5.74) is 5.37. The molecule has 2 aromatic heterocycles. The molecule has 0 aliphatic carbocycles. The van der Waals surface area contributed by atoms with Crippen molar-refractivity contribution in [1.82, 2.24) is 20.0 Å². The molecule has 2 heterocycles. The summed E-state index contributed by atoms with van der Waals surface area (Å²) in [6, 6.07) is 17.6. The van der Waals surface area contributed by atoms with Gasteiger partial charge in [-0.25, -0.2) is 4.68 Å². The molecule has 26 heavy (non-hydrogen) atoms. The summed E-state index contributed by atoms with van der Waals surface area (Å²) in [7, 11) is 0. The van der Waals surface area contributed by atoms with Gasteiger partial charge < -0.3 is 0 Å². The normalized spacial score (nSPS) is 11.3. The molecule has 4 aromatic rings. The number of aromatic nitrogens is 4. The van der Waals surface area contributed by atoms with E-state index in [1.807, 2.05) is 61.5 Å². The molecular weight excluding hydrogens is 348 g/mol. The molecule has 128 valence electrons. The number of halogens is 1. The van der Waals surface area contributed by atoms with Crippen LogP contribution in [0.3, 0.4) is 0 Å². The van der Waals surface area contributed by atoms with E-state index in [1.165, 1.54) is 0 Å². The highest BCUT2D eigenvalue weighted by molar-refractivity contribution is 6.32. The third kappa shape index (κ3) is 3.02. The van der Waals surface area contributed by atoms with Crippen LogP contribution in [0.4, 0.5) is 5.82 Å². The van der Waals surface area contributed by atoms with Crippen LogP contribution in [0.2, 0.25) is 5.15 Å². The van der Waals surface area contributed by atoms with Crippen LogP contribution in [0.5, 0.6) is 0 Å². The minimum atomic E-state index is 0.503. The molecule has 0 aliphatic heterocycles. The van der Waals surface area contributed by atoms with Crippen molar-refractivity contribution < 1.29 is 0 Å². The van der Waals surface area contributed by atoms with Crippen LogP contribution in [0.1, 0.15) is 11.3 Å². The summed E-state index contributed by atoms with van der Waals surface area (Å²) >= 11 is 6.49. The van der Waals surface area contributed by atoms with Gasteiger partial charge in [0.15, 0.2) is 5.82 Å². The van der Waals surface area contributed by atoms with E-state index in [2.05, 4.69) is 25.8 Å². The standard InChI is InChI=1S/C19H15ClN6/c1-13-17(18(20)26(25-13)15-8-3-2-4-9-15)12-22-24-19-16-10-6-5-7-14(16)11-21-23-19/h2-12H,1H3,(H,23,24)/b22-12+. The average Bonchev–Trinajstić information content (AvgIpc) is 2.97.